The van der Waals surface area contributed by atoms with E-state index in [4.69, 9.17) is 4.74 Å². The number of hydrogen-bond acceptors (Lipinski definition) is 4. The SMILES string of the molecule is COc1cc2c(cc1NS(=O)(=O)c1ccc(C3CCCCC3)cc1)n(C)c(=O)n2C. The average Bonchev–Trinajstić information content (AvgIpc) is 2.97. The van der Waals surface area contributed by atoms with Gasteiger partial charge in [-0.15, -0.1) is 0 Å². The first-order valence-corrected chi connectivity index (χ1v) is 11.7. The molecular formula is C22H27N3O4S. The molecule has 1 aliphatic rings. The lowest BCUT2D eigenvalue weighted by atomic mass is 9.84. The fraction of sp³-hybridized carbons (Fsp3) is 0.409. The van der Waals surface area contributed by atoms with Crippen LogP contribution in [0.1, 0.15) is 43.6 Å². The van der Waals surface area contributed by atoms with Crippen molar-refractivity contribution in [2.45, 2.75) is 42.9 Å². The maximum absolute atomic E-state index is 13.0. The zero-order valence-corrected chi connectivity index (χ0v) is 18.3. The molecule has 160 valence electrons. The fourth-order valence-electron chi connectivity index (χ4n) is 4.33. The Balaban J connectivity index is 1.66. The van der Waals surface area contributed by atoms with Crippen molar-refractivity contribution in [1.29, 1.82) is 0 Å². The number of rotatable bonds is 5. The molecule has 0 unspecified atom stereocenters. The molecule has 1 fully saturated rings. The van der Waals surface area contributed by atoms with Crippen LogP contribution in [-0.4, -0.2) is 24.7 Å². The normalized spacial score (nSPS) is 15.4. The van der Waals surface area contributed by atoms with Gasteiger partial charge in [0.1, 0.15) is 5.75 Å². The second-order valence-electron chi connectivity index (χ2n) is 7.95. The molecule has 1 aliphatic carbocycles. The molecule has 2 aromatic carbocycles. The van der Waals surface area contributed by atoms with Crippen molar-refractivity contribution in [1.82, 2.24) is 9.13 Å². The second kappa shape index (κ2) is 7.83. The summed E-state index contributed by atoms with van der Waals surface area (Å²) in [4.78, 5) is 12.4. The van der Waals surface area contributed by atoms with E-state index >= 15 is 0 Å². The zero-order valence-electron chi connectivity index (χ0n) is 17.5. The number of aromatic nitrogens is 2. The summed E-state index contributed by atoms with van der Waals surface area (Å²) in [5.74, 6) is 0.872. The van der Waals surface area contributed by atoms with Gasteiger partial charge >= 0.3 is 5.69 Å². The Labute approximate surface area is 176 Å². The number of benzene rings is 2. The van der Waals surface area contributed by atoms with Gasteiger partial charge in [-0.05, 0) is 42.5 Å². The Hall–Kier alpha value is -2.74. The van der Waals surface area contributed by atoms with Crippen LogP contribution in [0.2, 0.25) is 0 Å². The second-order valence-corrected chi connectivity index (χ2v) is 9.63. The molecule has 1 saturated carbocycles. The van der Waals surface area contributed by atoms with Crippen LogP contribution in [-0.2, 0) is 24.1 Å². The maximum atomic E-state index is 13.0. The summed E-state index contributed by atoms with van der Waals surface area (Å²) in [7, 11) is 0.989. The standard InChI is InChI=1S/C22H27N3O4S/c1-24-19-13-18(21(29-3)14-20(19)25(2)22(24)26)23-30(27,28)17-11-9-16(10-12-17)15-7-5-4-6-8-15/h9-15,23H,4-8H2,1-3H3. The van der Waals surface area contributed by atoms with Gasteiger partial charge in [-0.3, -0.25) is 13.9 Å². The number of nitrogens with one attached hydrogen (secondary N) is 1. The van der Waals surface area contributed by atoms with Gasteiger partial charge in [-0.2, -0.15) is 0 Å². The van der Waals surface area contributed by atoms with Gasteiger partial charge in [-0.25, -0.2) is 13.2 Å². The molecule has 0 atom stereocenters. The highest BCUT2D eigenvalue weighted by molar-refractivity contribution is 7.92. The van der Waals surface area contributed by atoms with E-state index in [0.29, 0.717) is 28.4 Å². The number of imidazole rings is 1. The van der Waals surface area contributed by atoms with E-state index in [0.717, 1.165) is 12.8 Å². The molecule has 0 radical (unpaired) electrons. The van der Waals surface area contributed by atoms with Gasteiger partial charge in [0.15, 0.2) is 0 Å². The van der Waals surface area contributed by atoms with Crippen molar-refractivity contribution in [2.75, 3.05) is 11.8 Å². The van der Waals surface area contributed by atoms with Crippen LogP contribution in [0.15, 0.2) is 46.1 Å². The first kappa shape index (κ1) is 20.5. The lowest BCUT2D eigenvalue weighted by molar-refractivity contribution is 0.417. The number of hydrogen-bond donors (Lipinski definition) is 1. The summed E-state index contributed by atoms with van der Waals surface area (Å²) in [6, 6.07) is 10.5. The highest BCUT2D eigenvalue weighted by Crippen LogP contribution is 2.34. The van der Waals surface area contributed by atoms with Crippen molar-refractivity contribution in [3.63, 3.8) is 0 Å². The smallest absolute Gasteiger partial charge is 0.328 e. The third-order valence-electron chi connectivity index (χ3n) is 6.10. The number of sulfonamides is 1. The van der Waals surface area contributed by atoms with E-state index in [1.54, 1.807) is 38.4 Å². The number of nitrogens with zero attached hydrogens (tertiary/aromatic N) is 2. The van der Waals surface area contributed by atoms with Crippen LogP contribution in [0.3, 0.4) is 0 Å². The lowest BCUT2D eigenvalue weighted by Crippen LogP contribution is -2.19. The molecule has 0 amide bonds. The van der Waals surface area contributed by atoms with E-state index in [1.807, 2.05) is 12.1 Å². The Morgan fingerprint density at radius 1 is 0.967 bits per heavy atom. The van der Waals surface area contributed by atoms with Gasteiger partial charge in [-0.1, -0.05) is 31.4 Å². The Kier molecular flexibility index (Phi) is 5.36. The number of aryl methyl sites for hydroxylation is 2. The molecule has 4 rings (SSSR count). The molecule has 1 heterocycles. The maximum Gasteiger partial charge on any atom is 0.328 e. The third kappa shape index (κ3) is 3.60. The predicted octanol–water partition coefficient (Wildman–Crippen LogP) is 3.73. The number of anilines is 1. The van der Waals surface area contributed by atoms with Crippen LogP contribution in [0.4, 0.5) is 5.69 Å². The minimum atomic E-state index is -3.80. The monoisotopic (exact) mass is 429 g/mol. The number of ether oxygens (including phenoxy) is 1. The van der Waals surface area contributed by atoms with E-state index < -0.39 is 10.0 Å². The molecule has 30 heavy (non-hydrogen) atoms. The highest BCUT2D eigenvalue weighted by atomic mass is 32.2. The summed E-state index contributed by atoms with van der Waals surface area (Å²) in [6.07, 6.45) is 6.08. The molecule has 0 bridgehead atoms. The third-order valence-corrected chi connectivity index (χ3v) is 7.49. The van der Waals surface area contributed by atoms with E-state index in [1.165, 1.54) is 41.1 Å². The first-order chi connectivity index (χ1) is 14.3. The predicted molar refractivity (Wildman–Crippen MR) is 118 cm³/mol. The van der Waals surface area contributed by atoms with Crippen molar-refractivity contribution < 1.29 is 13.2 Å². The van der Waals surface area contributed by atoms with Gasteiger partial charge in [0.2, 0.25) is 0 Å². The van der Waals surface area contributed by atoms with Crippen molar-refractivity contribution >= 4 is 26.7 Å². The fourth-order valence-corrected chi connectivity index (χ4v) is 5.39. The molecule has 1 N–H and O–H groups in total. The minimum absolute atomic E-state index is 0.189. The molecule has 0 spiro atoms. The van der Waals surface area contributed by atoms with Crippen LogP contribution in [0, 0.1) is 0 Å². The van der Waals surface area contributed by atoms with E-state index in [9.17, 15) is 13.2 Å². The molecule has 0 saturated heterocycles. The average molecular weight is 430 g/mol. The highest BCUT2D eigenvalue weighted by Gasteiger charge is 2.21. The molecule has 3 aromatic rings. The summed E-state index contributed by atoms with van der Waals surface area (Å²) < 4.78 is 37.0. The van der Waals surface area contributed by atoms with Gasteiger partial charge in [0, 0.05) is 20.2 Å². The van der Waals surface area contributed by atoms with Crippen molar-refractivity contribution in [3.05, 3.63) is 52.4 Å². The first-order valence-electron chi connectivity index (χ1n) is 10.2. The summed E-state index contributed by atoms with van der Waals surface area (Å²) in [5.41, 5.74) is 2.59. The largest absolute Gasteiger partial charge is 0.494 e. The van der Waals surface area contributed by atoms with Crippen LogP contribution >= 0.6 is 0 Å². The molecule has 1 aromatic heterocycles. The molecule has 0 aliphatic heterocycles. The quantitative estimate of drug-likeness (QED) is 0.670. The van der Waals surface area contributed by atoms with Gasteiger partial charge in [0.25, 0.3) is 10.0 Å². The van der Waals surface area contributed by atoms with E-state index in [2.05, 4.69) is 4.72 Å². The number of methoxy groups -OCH3 is 1. The number of fused-ring (bicyclic) bond motifs is 1. The van der Waals surface area contributed by atoms with Crippen LogP contribution in [0.25, 0.3) is 11.0 Å². The van der Waals surface area contributed by atoms with Crippen molar-refractivity contribution in [3.8, 4) is 5.75 Å². The lowest BCUT2D eigenvalue weighted by Gasteiger charge is -2.22. The Morgan fingerprint density at radius 2 is 1.57 bits per heavy atom. The molecular weight excluding hydrogens is 402 g/mol. The Morgan fingerprint density at radius 3 is 2.17 bits per heavy atom. The van der Waals surface area contributed by atoms with E-state index in [-0.39, 0.29) is 10.6 Å². The van der Waals surface area contributed by atoms with Crippen molar-refractivity contribution in [2.24, 2.45) is 14.1 Å². The van der Waals surface area contributed by atoms with Gasteiger partial charge in [0.05, 0.1) is 28.7 Å². The molecule has 7 nitrogen and oxygen atoms in total. The summed E-state index contributed by atoms with van der Waals surface area (Å²) >= 11 is 0. The van der Waals surface area contributed by atoms with Crippen LogP contribution in [0.5, 0.6) is 5.75 Å². The topological polar surface area (TPSA) is 82.3 Å². The van der Waals surface area contributed by atoms with Crippen LogP contribution < -0.4 is 15.1 Å². The summed E-state index contributed by atoms with van der Waals surface area (Å²) in [5, 5.41) is 0. The molecule has 8 heteroatoms. The zero-order chi connectivity index (χ0) is 21.5. The minimum Gasteiger partial charge on any atom is -0.494 e. The van der Waals surface area contributed by atoms with Gasteiger partial charge < -0.3 is 4.74 Å². The Bertz CT molecular complexity index is 1230. The summed E-state index contributed by atoms with van der Waals surface area (Å²) in [6.45, 7) is 0.